The van der Waals surface area contributed by atoms with Crippen LogP contribution in [0.1, 0.15) is 6.92 Å². The van der Waals surface area contributed by atoms with Gasteiger partial charge in [0.1, 0.15) is 5.82 Å². The van der Waals surface area contributed by atoms with Gasteiger partial charge in [-0.1, -0.05) is 0 Å². The first kappa shape index (κ1) is 15.2. The third-order valence-electron chi connectivity index (χ3n) is 2.67. The third-order valence-corrected chi connectivity index (χ3v) is 5.07. The molecule has 0 saturated carbocycles. The van der Waals surface area contributed by atoms with E-state index in [1.807, 2.05) is 0 Å². The van der Waals surface area contributed by atoms with Gasteiger partial charge in [0.2, 0.25) is 0 Å². The Morgan fingerprint density at radius 2 is 2.24 bits per heavy atom. The molecule has 1 unspecified atom stereocenters. The number of nitrogen functional groups attached to an aromatic ring is 1. The molecule has 3 N–H and O–H groups in total. The van der Waals surface area contributed by atoms with E-state index in [1.54, 1.807) is 11.4 Å². The fourth-order valence-corrected chi connectivity index (χ4v) is 3.19. The van der Waals surface area contributed by atoms with Gasteiger partial charge in [0, 0.05) is 16.6 Å². The molecule has 0 aliphatic heterocycles. The monoisotopic (exact) mass is 326 g/mol. The summed E-state index contributed by atoms with van der Waals surface area (Å²) in [7, 11) is -3.80. The normalized spacial score (nSPS) is 12.6. The predicted molar refractivity (Wildman–Crippen MR) is 79.5 cm³/mol. The van der Waals surface area contributed by atoms with Crippen molar-refractivity contribution >= 4 is 32.2 Å². The number of rotatable bonds is 4. The Balaban J connectivity index is 2.29. The molecule has 110 valence electrons. The summed E-state index contributed by atoms with van der Waals surface area (Å²) < 4.78 is 38.7. The third kappa shape index (κ3) is 3.29. The van der Waals surface area contributed by atoms with Gasteiger partial charge in [-0.3, -0.25) is 4.72 Å². The maximum absolute atomic E-state index is 13.0. The summed E-state index contributed by atoms with van der Waals surface area (Å²) in [6, 6.07) is 5.52. The molecule has 1 aromatic heterocycles. The Labute approximate surface area is 125 Å². The van der Waals surface area contributed by atoms with Crippen LogP contribution in [0.4, 0.5) is 15.2 Å². The molecule has 0 radical (unpaired) electrons. The fourth-order valence-electron chi connectivity index (χ4n) is 1.49. The standard InChI is InChI=1S/C12H11FN4O2S2/c1-7(5-14)21(18,19)17-12-16-11(6-20-12)9-3-2-8(13)4-10(9)15/h2-4,6-7H,15H2,1H3,(H,16,17). The van der Waals surface area contributed by atoms with Gasteiger partial charge in [-0.2, -0.15) is 5.26 Å². The van der Waals surface area contributed by atoms with Crippen molar-refractivity contribution in [2.45, 2.75) is 12.2 Å². The van der Waals surface area contributed by atoms with Crippen LogP contribution in [0.3, 0.4) is 0 Å². The Morgan fingerprint density at radius 3 is 2.86 bits per heavy atom. The molecule has 0 bridgehead atoms. The van der Waals surface area contributed by atoms with Crippen LogP contribution in [0.25, 0.3) is 11.3 Å². The molecular weight excluding hydrogens is 315 g/mol. The molecule has 6 nitrogen and oxygen atoms in total. The number of aromatic nitrogens is 1. The highest BCUT2D eigenvalue weighted by Gasteiger charge is 2.21. The SMILES string of the molecule is CC(C#N)S(=O)(=O)Nc1nc(-c2ccc(F)cc2N)cs1. The average molecular weight is 326 g/mol. The molecule has 0 spiro atoms. The Morgan fingerprint density at radius 1 is 1.52 bits per heavy atom. The smallest absolute Gasteiger partial charge is 0.250 e. The van der Waals surface area contributed by atoms with Gasteiger partial charge in [0.15, 0.2) is 10.4 Å². The number of sulfonamides is 1. The van der Waals surface area contributed by atoms with Crippen LogP contribution in [-0.4, -0.2) is 18.7 Å². The summed E-state index contributed by atoms with van der Waals surface area (Å²) in [5.41, 5.74) is 6.85. The number of hydrogen-bond acceptors (Lipinski definition) is 6. The number of thiazole rings is 1. The molecule has 0 amide bonds. The van der Waals surface area contributed by atoms with Gasteiger partial charge in [-0.25, -0.2) is 17.8 Å². The van der Waals surface area contributed by atoms with Crippen LogP contribution in [0.15, 0.2) is 23.6 Å². The van der Waals surface area contributed by atoms with E-state index in [1.165, 1.54) is 19.1 Å². The number of anilines is 2. The van der Waals surface area contributed by atoms with E-state index in [0.29, 0.717) is 11.3 Å². The lowest BCUT2D eigenvalue weighted by atomic mass is 10.1. The summed E-state index contributed by atoms with van der Waals surface area (Å²) in [4.78, 5) is 4.09. The van der Waals surface area contributed by atoms with E-state index in [0.717, 1.165) is 17.4 Å². The molecule has 1 atom stereocenters. The van der Waals surface area contributed by atoms with Crippen molar-refractivity contribution < 1.29 is 12.8 Å². The first-order chi connectivity index (χ1) is 9.83. The topological polar surface area (TPSA) is 109 Å². The van der Waals surface area contributed by atoms with Crippen molar-refractivity contribution in [2.24, 2.45) is 0 Å². The van der Waals surface area contributed by atoms with E-state index < -0.39 is 21.1 Å². The van der Waals surface area contributed by atoms with Crippen molar-refractivity contribution in [3.8, 4) is 17.3 Å². The van der Waals surface area contributed by atoms with E-state index >= 15 is 0 Å². The molecule has 1 aromatic carbocycles. The second kappa shape index (κ2) is 5.67. The Bertz CT molecular complexity index is 811. The molecule has 21 heavy (non-hydrogen) atoms. The highest BCUT2D eigenvalue weighted by molar-refractivity contribution is 7.93. The zero-order valence-corrected chi connectivity index (χ0v) is 12.5. The number of benzene rings is 1. The molecule has 2 rings (SSSR count). The molecule has 9 heteroatoms. The van der Waals surface area contributed by atoms with Crippen molar-refractivity contribution in [3.05, 3.63) is 29.4 Å². The predicted octanol–water partition coefficient (Wildman–Crippen LogP) is 2.19. The van der Waals surface area contributed by atoms with Crippen molar-refractivity contribution in [1.29, 1.82) is 5.26 Å². The van der Waals surface area contributed by atoms with Crippen molar-refractivity contribution in [1.82, 2.24) is 4.98 Å². The summed E-state index contributed by atoms with van der Waals surface area (Å²) in [5.74, 6) is -0.463. The number of nitrogens with zero attached hydrogens (tertiary/aromatic N) is 2. The zero-order chi connectivity index (χ0) is 15.6. The minimum atomic E-state index is -3.80. The molecule has 2 aromatic rings. The number of nitrogens with one attached hydrogen (secondary N) is 1. The van der Waals surface area contributed by atoms with Crippen molar-refractivity contribution in [3.63, 3.8) is 0 Å². The first-order valence-corrected chi connectivity index (χ1v) is 8.18. The van der Waals surface area contributed by atoms with Gasteiger partial charge >= 0.3 is 0 Å². The number of nitriles is 1. The molecule has 0 aliphatic carbocycles. The molecule has 0 aliphatic rings. The lowest BCUT2D eigenvalue weighted by molar-refractivity contribution is 0.597. The summed E-state index contributed by atoms with van der Waals surface area (Å²) in [5, 5.41) is 9.18. The van der Waals surface area contributed by atoms with Crippen LogP contribution in [0.5, 0.6) is 0 Å². The van der Waals surface area contributed by atoms with E-state index in [2.05, 4.69) is 9.71 Å². The number of halogens is 1. The van der Waals surface area contributed by atoms with E-state index in [-0.39, 0.29) is 10.8 Å². The minimum Gasteiger partial charge on any atom is -0.398 e. The summed E-state index contributed by atoms with van der Waals surface area (Å²) >= 11 is 1.05. The van der Waals surface area contributed by atoms with Gasteiger partial charge in [0.05, 0.1) is 11.8 Å². The largest absolute Gasteiger partial charge is 0.398 e. The molecule has 0 fully saturated rings. The van der Waals surface area contributed by atoms with Gasteiger partial charge in [0.25, 0.3) is 10.0 Å². The second-order valence-corrected chi connectivity index (χ2v) is 7.05. The lowest BCUT2D eigenvalue weighted by Gasteiger charge is -2.05. The minimum absolute atomic E-state index is 0.121. The van der Waals surface area contributed by atoms with E-state index in [9.17, 15) is 12.8 Å². The fraction of sp³-hybridized carbons (Fsp3) is 0.167. The van der Waals surface area contributed by atoms with Crippen LogP contribution in [-0.2, 0) is 10.0 Å². The quantitative estimate of drug-likeness (QED) is 0.837. The number of nitrogens with two attached hydrogens (primary N) is 1. The van der Waals surface area contributed by atoms with Crippen LogP contribution in [0, 0.1) is 17.1 Å². The maximum atomic E-state index is 13.0. The number of hydrogen-bond donors (Lipinski definition) is 2. The Hall–Kier alpha value is -2.18. The van der Waals surface area contributed by atoms with Gasteiger partial charge in [-0.15, -0.1) is 11.3 Å². The van der Waals surface area contributed by atoms with Crippen LogP contribution < -0.4 is 10.5 Å². The average Bonchev–Trinajstić information content (AvgIpc) is 2.85. The lowest BCUT2D eigenvalue weighted by Crippen LogP contribution is -2.23. The first-order valence-electron chi connectivity index (χ1n) is 5.75. The summed E-state index contributed by atoms with van der Waals surface area (Å²) in [6.45, 7) is 1.27. The van der Waals surface area contributed by atoms with Gasteiger partial charge < -0.3 is 5.73 Å². The second-order valence-electron chi connectivity index (χ2n) is 4.19. The van der Waals surface area contributed by atoms with Crippen LogP contribution in [0.2, 0.25) is 0 Å². The molecule has 1 heterocycles. The summed E-state index contributed by atoms with van der Waals surface area (Å²) in [6.07, 6.45) is 0. The van der Waals surface area contributed by atoms with E-state index in [4.69, 9.17) is 11.0 Å². The molecule has 0 saturated heterocycles. The maximum Gasteiger partial charge on any atom is 0.250 e. The Kier molecular flexibility index (Phi) is 4.11. The van der Waals surface area contributed by atoms with Crippen molar-refractivity contribution in [2.75, 3.05) is 10.5 Å². The molecular formula is C12H11FN4O2S2. The van der Waals surface area contributed by atoms with Crippen LogP contribution >= 0.6 is 11.3 Å². The highest BCUT2D eigenvalue weighted by Crippen LogP contribution is 2.30. The van der Waals surface area contributed by atoms with Gasteiger partial charge in [-0.05, 0) is 25.1 Å². The zero-order valence-electron chi connectivity index (χ0n) is 10.9. The highest BCUT2D eigenvalue weighted by atomic mass is 32.2.